The van der Waals surface area contributed by atoms with Crippen molar-refractivity contribution in [2.45, 2.75) is 123 Å². The number of halogens is 2. The van der Waals surface area contributed by atoms with Crippen molar-refractivity contribution in [3.05, 3.63) is 164 Å². The van der Waals surface area contributed by atoms with Gasteiger partial charge in [0, 0.05) is 0 Å². The number of hydrogen-bond donors (Lipinski definition) is 0. The quantitative estimate of drug-likeness (QED) is 0.226. The van der Waals surface area contributed by atoms with Crippen LogP contribution >= 0.6 is 0 Å². The maximum atomic E-state index is 3.40. The molecule has 308 valence electrons. The zero-order chi connectivity index (χ0) is 41.2. The van der Waals surface area contributed by atoms with Gasteiger partial charge in [0.05, 0.1) is 0 Å². The Hall–Kier alpha value is -2.44. The molecule has 3 atom stereocenters. The van der Waals surface area contributed by atoms with E-state index >= 15 is 0 Å². The molecule has 8 rings (SSSR count). The van der Waals surface area contributed by atoms with Crippen LogP contribution in [0.4, 0.5) is 0 Å². The SMILES string of the molecule is CC1=[C-]C(C)C=C1C(C)(C)C.C[C-]1C2=C3Cc4ccccc4C3=C3C=CCCC3C2(C)C(C)(C)C(C)(C)C1(C)C.Cc1ccc([C](=[Zr+2])c2ccc(C)cc2)cc1.[Cl-].[Cl-]. The van der Waals surface area contributed by atoms with Crippen molar-refractivity contribution in [2.24, 2.45) is 38.9 Å². The van der Waals surface area contributed by atoms with Crippen molar-refractivity contribution in [3.63, 3.8) is 0 Å². The van der Waals surface area contributed by atoms with Gasteiger partial charge in [-0.1, -0.05) is 159 Å². The van der Waals surface area contributed by atoms with E-state index in [1.54, 1.807) is 28.2 Å². The zero-order valence-electron chi connectivity index (χ0n) is 38.2. The summed E-state index contributed by atoms with van der Waals surface area (Å²) in [6.45, 7) is 35.6. The molecule has 0 heterocycles. The Morgan fingerprint density at radius 3 is 1.79 bits per heavy atom. The molecule has 1 saturated carbocycles. The summed E-state index contributed by atoms with van der Waals surface area (Å²) in [6, 6.07) is 26.7. The summed E-state index contributed by atoms with van der Waals surface area (Å²) < 4.78 is 1.42. The minimum atomic E-state index is 0. The minimum absolute atomic E-state index is 0. The number of allylic oxidation sites excluding steroid dienone is 10. The summed E-state index contributed by atoms with van der Waals surface area (Å²) in [7, 11) is 0. The predicted molar refractivity (Wildman–Crippen MR) is 239 cm³/mol. The van der Waals surface area contributed by atoms with Crippen molar-refractivity contribution in [2.75, 3.05) is 0 Å². The molecule has 0 bridgehead atoms. The van der Waals surface area contributed by atoms with E-state index in [1.807, 2.05) is 0 Å². The third-order valence-corrected chi connectivity index (χ3v) is 17.0. The summed E-state index contributed by atoms with van der Waals surface area (Å²) in [5.74, 6) is 2.76. The average Bonchev–Trinajstić information content (AvgIpc) is 3.71. The molecule has 0 radical (unpaired) electrons. The maximum absolute atomic E-state index is 3.40. The third kappa shape index (κ3) is 8.17. The van der Waals surface area contributed by atoms with E-state index < -0.39 is 0 Å². The fourth-order valence-corrected chi connectivity index (χ4v) is 11.6. The van der Waals surface area contributed by atoms with Crippen LogP contribution in [0.15, 0.2) is 119 Å². The molecule has 1 fully saturated rings. The van der Waals surface area contributed by atoms with Gasteiger partial charge in [0.1, 0.15) is 0 Å². The fraction of sp³-hybridized carbons (Fsp3) is 0.455. The minimum Gasteiger partial charge on any atom is -1.00 e. The van der Waals surface area contributed by atoms with Gasteiger partial charge in [-0.25, -0.2) is 11.5 Å². The van der Waals surface area contributed by atoms with Gasteiger partial charge in [-0.15, -0.1) is 6.92 Å². The molecular weight excluding hydrogens is 823 g/mol. The first-order valence-corrected chi connectivity index (χ1v) is 22.4. The Labute approximate surface area is 381 Å². The van der Waals surface area contributed by atoms with Crippen LogP contribution in [0.25, 0.3) is 5.57 Å². The zero-order valence-corrected chi connectivity index (χ0v) is 42.2. The van der Waals surface area contributed by atoms with Crippen LogP contribution in [-0.2, 0) is 30.7 Å². The van der Waals surface area contributed by atoms with E-state index in [9.17, 15) is 0 Å². The van der Waals surface area contributed by atoms with E-state index in [2.05, 4.69) is 201 Å². The molecule has 5 aliphatic carbocycles. The summed E-state index contributed by atoms with van der Waals surface area (Å²) in [5, 5.41) is 0. The molecule has 0 saturated heterocycles. The largest absolute Gasteiger partial charge is 1.00 e. The molecule has 0 N–H and O–H groups in total. The van der Waals surface area contributed by atoms with Gasteiger partial charge in [0.25, 0.3) is 0 Å². The topological polar surface area (TPSA) is 0 Å². The predicted octanol–water partition coefficient (Wildman–Crippen LogP) is 8.75. The second-order valence-corrected chi connectivity index (χ2v) is 21.5. The fourth-order valence-electron chi connectivity index (χ4n) is 10.8. The normalized spacial score (nSPS) is 24.2. The summed E-state index contributed by atoms with van der Waals surface area (Å²) in [6.07, 6.45) is 14.2. The van der Waals surface area contributed by atoms with Gasteiger partial charge in [-0.3, -0.25) is 6.08 Å². The van der Waals surface area contributed by atoms with Crippen LogP contribution < -0.4 is 24.8 Å². The Balaban J connectivity index is 0.000000217. The van der Waals surface area contributed by atoms with Crippen LogP contribution in [0.5, 0.6) is 0 Å². The molecule has 3 aromatic carbocycles. The van der Waals surface area contributed by atoms with E-state index in [0.717, 1.165) is 6.42 Å². The Morgan fingerprint density at radius 1 is 0.776 bits per heavy atom. The molecule has 0 aliphatic heterocycles. The Bertz CT molecular complexity index is 2110. The average molecular weight is 891 g/mol. The molecule has 3 aromatic rings. The van der Waals surface area contributed by atoms with Crippen molar-refractivity contribution in [1.29, 1.82) is 0 Å². The van der Waals surface area contributed by atoms with Gasteiger partial charge in [0.15, 0.2) is 0 Å². The molecule has 3 unspecified atom stereocenters. The van der Waals surface area contributed by atoms with Crippen LogP contribution in [0, 0.1) is 64.8 Å². The van der Waals surface area contributed by atoms with Crippen molar-refractivity contribution >= 4 is 8.78 Å². The summed E-state index contributed by atoms with van der Waals surface area (Å²) in [5.41, 5.74) is 18.7. The third-order valence-electron chi connectivity index (χ3n) is 15.5. The molecule has 0 amide bonds. The van der Waals surface area contributed by atoms with Crippen molar-refractivity contribution < 1.29 is 49.0 Å². The van der Waals surface area contributed by atoms with Gasteiger partial charge >= 0.3 is 112 Å². The molecule has 0 aromatic heterocycles. The monoisotopic (exact) mass is 888 g/mol. The number of benzene rings is 3. The van der Waals surface area contributed by atoms with E-state index in [-0.39, 0.29) is 46.5 Å². The first-order valence-electron chi connectivity index (χ1n) is 21.2. The van der Waals surface area contributed by atoms with Crippen LogP contribution in [0.3, 0.4) is 0 Å². The first-order chi connectivity index (χ1) is 26.1. The van der Waals surface area contributed by atoms with Gasteiger partial charge in [-0.05, 0) is 40.6 Å². The first kappa shape index (κ1) is 48.2. The molecular formula is C55H68Cl2Zr-2. The van der Waals surface area contributed by atoms with Crippen molar-refractivity contribution in [3.8, 4) is 0 Å². The van der Waals surface area contributed by atoms with Gasteiger partial charge in [0.2, 0.25) is 0 Å². The Morgan fingerprint density at radius 2 is 1.31 bits per heavy atom. The van der Waals surface area contributed by atoms with Crippen LogP contribution in [0.1, 0.15) is 136 Å². The summed E-state index contributed by atoms with van der Waals surface area (Å²) in [4.78, 5) is 0. The van der Waals surface area contributed by atoms with E-state index in [4.69, 9.17) is 0 Å². The maximum Gasteiger partial charge on any atom is -1.00 e. The van der Waals surface area contributed by atoms with E-state index in [0.29, 0.717) is 17.3 Å². The second-order valence-electron chi connectivity index (χ2n) is 20.2. The molecule has 3 heteroatoms. The smallest absolute Gasteiger partial charge is 1.00 e. The molecule has 0 nitrogen and oxygen atoms in total. The molecule has 0 spiro atoms. The van der Waals surface area contributed by atoms with Crippen LogP contribution in [0.2, 0.25) is 0 Å². The van der Waals surface area contributed by atoms with Gasteiger partial charge in [-0.2, -0.15) is 22.8 Å². The number of fused-ring (bicyclic) bond motifs is 6. The standard InChI is InChI=1S/C29H37.C15H14.C11H17.2ClH.Zr/c1-18-25-22-17-19-13-9-10-14-20(19)24(22)21-15-11-12-16-23(21)29(25,8)28(6,7)27(4,5)26(18,2)3;1-12-3-7-14(8-4-12)11-15-9-5-13(2)6-10-15;1-8-6-9(2)10(7-8)11(3,4)5;;;/h9-11,13-15,23H,12,16-17H2,1-8H3;3-10H,1-2H3;7-8H,1-5H3;2*1H;/q-1;;-1;;;+2/p-2. The molecule has 5 aliphatic rings. The second kappa shape index (κ2) is 17.5. The number of rotatable bonds is 2. The number of aryl methyl sites for hydroxylation is 2. The van der Waals surface area contributed by atoms with E-state index in [1.165, 1.54) is 84.8 Å². The Kier molecular flexibility index (Phi) is 14.6. The number of hydrogen-bond acceptors (Lipinski definition) is 0. The van der Waals surface area contributed by atoms with Crippen molar-refractivity contribution in [1.82, 2.24) is 0 Å². The van der Waals surface area contributed by atoms with Gasteiger partial charge < -0.3 is 24.8 Å². The van der Waals surface area contributed by atoms with Crippen LogP contribution in [-0.4, -0.2) is 3.21 Å². The molecule has 58 heavy (non-hydrogen) atoms. The summed E-state index contributed by atoms with van der Waals surface area (Å²) >= 11 is 1.46.